The Hall–Kier alpha value is -3.03. The maximum absolute atomic E-state index is 5.94. The lowest BCUT2D eigenvalue weighted by molar-refractivity contribution is 0.414. The highest BCUT2D eigenvalue weighted by Crippen LogP contribution is 2.38. The molecule has 1 aliphatic carbocycles. The van der Waals surface area contributed by atoms with E-state index in [2.05, 4.69) is 78.9 Å². The maximum Gasteiger partial charge on any atom is 0.118 e. The fraction of sp³-hybridized carbons (Fsp3) is 0.143. The highest BCUT2D eigenvalue weighted by atomic mass is 35.5. The van der Waals surface area contributed by atoms with Gasteiger partial charge in [-0.25, -0.2) is 0 Å². The van der Waals surface area contributed by atoms with E-state index < -0.39 is 0 Å². The SMILES string of the molecule is COc1ccc(C2C=C(c3ccc(Cl)cc3)CC2)cc1.c1ccc2ccccc2c1. The van der Waals surface area contributed by atoms with Crippen molar-refractivity contribution in [3.63, 3.8) is 0 Å². The second-order valence-corrected chi connectivity index (χ2v) is 7.90. The van der Waals surface area contributed by atoms with Gasteiger partial charge in [-0.2, -0.15) is 0 Å². The number of allylic oxidation sites excluding steroid dienone is 2. The minimum absolute atomic E-state index is 0.506. The number of benzene rings is 4. The van der Waals surface area contributed by atoms with Crippen molar-refractivity contribution in [3.8, 4) is 5.75 Å². The van der Waals surface area contributed by atoms with Crippen LogP contribution in [0.3, 0.4) is 0 Å². The molecule has 1 atom stereocenters. The molecule has 1 aliphatic rings. The Morgan fingerprint density at radius 3 is 1.83 bits per heavy atom. The molecule has 0 heterocycles. The van der Waals surface area contributed by atoms with Gasteiger partial charge >= 0.3 is 0 Å². The van der Waals surface area contributed by atoms with Crippen molar-refractivity contribution in [1.29, 1.82) is 0 Å². The van der Waals surface area contributed by atoms with Crippen molar-refractivity contribution in [3.05, 3.63) is 119 Å². The third-order valence-electron chi connectivity index (χ3n) is 5.54. The Kier molecular flexibility index (Phi) is 6.51. The van der Waals surface area contributed by atoms with E-state index in [-0.39, 0.29) is 0 Å². The first-order valence-corrected chi connectivity index (χ1v) is 10.6. The smallest absolute Gasteiger partial charge is 0.118 e. The summed E-state index contributed by atoms with van der Waals surface area (Å²) in [6, 6.07) is 33.2. The highest BCUT2D eigenvalue weighted by molar-refractivity contribution is 6.30. The van der Waals surface area contributed by atoms with Crippen molar-refractivity contribution in [2.45, 2.75) is 18.8 Å². The molecule has 0 bridgehead atoms. The van der Waals surface area contributed by atoms with Crippen LogP contribution in [0, 0.1) is 0 Å². The Bertz CT molecular complexity index is 1060. The molecule has 0 saturated carbocycles. The van der Waals surface area contributed by atoms with E-state index in [9.17, 15) is 0 Å². The van der Waals surface area contributed by atoms with Gasteiger partial charge in [0.25, 0.3) is 0 Å². The molecule has 150 valence electrons. The molecule has 0 saturated heterocycles. The van der Waals surface area contributed by atoms with Crippen molar-refractivity contribution < 1.29 is 4.74 Å². The molecular formula is C28H25ClO. The van der Waals surface area contributed by atoms with Crippen LogP contribution >= 0.6 is 11.6 Å². The largest absolute Gasteiger partial charge is 0.497 e. The van der Waals surface area contributed by atoms with E-state index in [4.69, 9.17) is 16.3 Å². The number of methoxy groups -OCH3 is 1. The zero-order chi connectivity index (χ0) is 20.8. The Balaban J connectivity index is 0.000000181. The van der Waals surface area contributed by atoms with Gasteiger partial charge in [-0.1, -0.05) is 90.5 Å². The first-order valence-electron chi connectivity index (χ1n) is 10.3. The molecule has 4 aromatic carbocycles. The topological polar surface area (TPSA) is 9.23 Å². The van der Waals surface area contributed by atoms with E-state index in [1.54, 1.807) is 7.11 Å². The van der Waals surface area contributed by atoms with Gasteiger partial charge in [0.15, 0.2) is 0 Å². The van der Waals surface area contributed by atoms with Gasteiger partial charge in [0.05, 0.1) is 7.11 Å². The first kappa shape index (κ1) is 20.3. The standard InChI is InChI=1S/C18H17ClO.C10H8/c1-20-18-10-6-14(7-11-18)16-3-2-15(12-16)13-4-8-17(19)9-5-13;1-2-6-10-8-4-3-7-9(10)5-1/h4-12,16H,2-3H2,1H3;1-8H. The van der Waals surface area contributed by atoms with Gasteiger partial charge in [0, 0.05) is 10.9 Å². The first-order chi connectivity index (χ1) is 14.7. The van der Waals surface area contributed by atoms with E-state index in [0.29, 0.717) is 5.92 Å². The molecule has 0 N–H and O–H groups in total. The lowest BCUT2D eigenvalue weighted by atomic mass is 9.99. The van der Waals surface area contributed by atoms with Gasteiger partial charge < -0.3 is 4.74 Å². The Labute approximate surface area is 183 Å². The predicted octanol–water partition coefficient (Wildman–Crippen LogP) is 8.15. The van der Waals surface area contributed by atoms with Crippen LogP contribution < -0.4 is 4.74 Å². The van der Waals surface area contributed by atoms with Crippen LogP contribution in [-0.2, 0) is 0 Å². The van der Waals surface area contributed by atoms with Crippen LogP contribution in [0.5, 0.6) is 5.75 Å². The number of halogens is 1. The second kappa shape index (κ2) is 9.65. The number of hydrogen-bond donors (Lipinski definition) is 0. The minimum Gasteiger partial charge on any atom is -0.497 e. The summed E-state index contributed by atoms with van der Waals surface area (Å²) in [7, 11) is 1.70. The lowest BCUT2D eigenvalue weighted by Crippen LogP contribution is -1.90. The Morgan fingerprint density at radius 2 is 1.30 bits per heavy atom. The zero-order valence-electron chi connectivity index (χ0n) is 17.1. The molecule has 0 fully saturated rings. The van der Waals surface area contributed by atoms with E-state index in [0.717, 1.165) is 17.2 Å². The molecule has 4 aromatic rings. The average Bonchev–Trinajstić information content (AvgIpc) is 3.30. The second-order valence-electron chi connectivity index (χ2n) is 7.46. The maximum atomic E-state index is 5.94. The van der Waals surface area contributed by atoms with Gasteiger partial charge in [-0.05, 0) is 64.6 Å². The van der Waals surface area contributed by atoms with E-state index >= 15 is 0 Å². The molecule has 0 aliphatic heterocycles. The van der Waals surface area contributed by atoms with Crippen LogP contribution in [-0.4, -0.2) is 7.11 Å². The number of ether oxygens (including phenoxy) is 1. The van der Waals surface area contributed by atoms with Crippen LogP contribution in [0.2, 0.25) is 5.02 Å². The number of rotatable bonds is 3. The van der Waals surface area contributed by atoms with Gasteiger partial charge in [0.1, 0.15) is 5.75 Å². The molecule has 1 unspecified atom stereocenters. The summed E-state index contributed by atoms with van der Waals surface area (Å²) in [4.78, 5) is 0. The summed E-state index contributed by atoms with van der Waals surface area (Å²) < 4.78 is 5.21. The van der Waals surface area contributed by atoms with Crippen molar-refractivity contribution in [2.24, 2.45) is 0 Å². The summed E-state index contributed by atoms with van der Waals surface area (Å²) in [5.74, 6) is 1.42. The van der Waals surface area contributed by atoms with E-state index in [1.807, 2.05) is 24.3 Å². The van der Waals surface area contributed by atoms with Crippen LogP contribution in [0.25, 0.3) is 16.3 Å². The van der Waals surface area contributed by atoms with Gasteiger partial charge in [-0.15, -0.1) is 0 Å². The van der Waals surface area contributed by atoms with Crippen molar-refractivity contribution >= 4 is 27.9 Å². The summed E-state index contributed by atoms with van der Waals surface area (Å²) in [6.45, 7) is 0. The monoisotopic (exact) mass is 412 g/mol. The minimum atomic E-state index is 0.506. The summed E-state index contributed by atoms with van der Waals surface area (Å²) in [5.41, 5.74) is 4.06. The number of fused-ring (bicyclic) bond motifs is 1. The molecule has 0 amide bonds. The molecule has 0 spiro atoms. The third-order valence-corrected chi connectivity index (χ3v) is 5.80. The van der Waals surface area contributed by atoms with Crippen molar-refractivity contribution in [2.75, 3.05) is 7.11 Å². The summed E-state index contributed by atoms with van der Waals surface area (Å²) in [6.07, 6.45) is 4.67. The molecule has 5 rings (SSSR count). The normalized spacial score (nSPS) is 15.3. The highest BCUT2D eigenvalue weighted by Gasteiger charge is 2.18. The predicted molar refractivity (Wildman–Crippen MR) is 128 cm³/mol. The fourth-order valence-corrected chi connectivity index (χ4v) is 4.00. The van der Waals surface area contributed by atoms with Crippen LogP contribution in [0.15, 0.2) is 103 Å². The molecule has 0 aromatic heterocycles. The molecule has 1 nitrogen and oxygen atoms in total. The van der Waals surface area contributed by atoms with Crippen LogP contribution in [0.4, 0.5) is 0 Å². The molecule has 2 heteroatoms. The number of hydrogen-bond acceptors (Lipinski definition) is 1. The average molecular weight is 413 g/mol. The molecule has 0 radical (unpaired) electrons. The van der Waals surface area contributed by atoms with Crippen LogP contribution in [0.1, 0.15) is 29.9 Å². The van der Waals surface area contributed by atoms with Gasteiger partial charge in [0.2, 0.25) is 0 Å². The zero-order valence-corrected chi connectivity index (χ0v) is 17.8. The molecular weight excluding hydrogens is 388 g/mol. The van der Waals surface area contributed by atoms with Crippen molar-refractivity contribution in [1.82, 2.24) is 0 Å². The van der Waals surface area contributed by atoms with Gasteiger partial charge in [-0.3, -0.25) is 0 Å². The Morgan fingerprint density at radius 1 is 0.733 bits per heavy atom. The lowest BCUT2D eigenvalue weighted by Gasteiger charge is -2.08. The van der Waals surface area contributed by atoms with E-state index in [1.165, 1.54) is 33.9 Å². The fourth-order valence-electron chi connectivity index (χ4n) is 3.87. The summed E-state index contributed by atoms with van der Waals surface area (Å²) >= 11 is 5.94. The summed E-state index contributed by atoms with van der Waals surface area (Å²) in [5, 5.41) is 3.41. The third kappa shape index (κ3) is 4.93. The molecule has 30 heavy (non-hydrogen) atoms. The quantitative estimate of drug-likeness (QED) is 0.330.